The molecule has 0 radical (unpaired) electrons. The van der Waals surface area contributed by atoms with Crippen molar-refractivity contribution in [1.82, 2.24) is 5.32 Å². The Morgan fingerprint density at radius 3 is 2.04 bits per heavy atom. The minimum atomic E-state index is -0.381. The SMILES string of the molecule is COc1cc(OC)cc(C(=O)NCC(=O)Nc2c(C)cccc2C)c1. The molecule has 0 aromatic heterocycles. The minimum absolute atomic E-state index is 0.133. The number of ether oxygens (including phenoxy) is 2. The van der Waals surface area contributed by atoms with Crippen LogP contribution in [0.5, 0.6) is 11.5 Å². The quantitative estimate of drug-likeness (QED) is 0.846. The Labute approximate surface area is 147 Å². The van der Waals surface area contributed by atoms with E-state index < -0.39 is 0 Å². The fraction of sp³-hybridized carbons (Fsp3) is 0.263. The first-order chi connectivity index (χ1) is 11.9. The summed E-state index contributed by atoms with van der Waals surface area (Å²) in [6, 6.07) is 10.6. The van der Waals surface area contributed by atoms with Crippen molar-refractivity contribution >= 4 is 17.5 Å². The average molecular weight is 342 g/mol. The zero-order chi connectivity index (χ0) is 18.4. The molecule has 0 spiro atoms. The van der Waals surface area contributed by atoms with Gasteiger partial charge in [0.15, 0.2) is 0 Å². The third kappa shape index (κ3) is 4.73. The van der Waals surface area contributed by atoms with Crippen LogP contribution in [0.4, 0.5) is 5.69 Å². The van der Waals surface area contributed by atoms with Crippen molar-refractivity contribution in [2.24, 2.45) is 0 Å². The highest BCUT2D eigenvalue weighted by molar-refractivity contribution is 6.00. The lowest BCUT2D eigenvalue weighted by Crippen LogP contribution is -2.33. The fourth-order valence-corrected chi connectivity index (χ4v) is 2.40. The zero-order valence-electron chi connectivity index (χ0n) is 14.8. The van der Waals surface area contributed by atoms with Gasteiger partial charge >= 0.3 is 0 Å². The Hall–Kier alpha value is -3.02. The van der Waals surface area contributed by atoms with Gasteiger partial charge < -0.3 is 20.1 Å². The molecule has 6 heteroatoms. The second-order valence-corrected chi connectivity index (χ2v) is 5.60. The van der Waals surface area contributed by atoms with E-state index >= 15 is 0 Å². The fourth-order valence-electron chi connectivity index (χ4n) is 2.40. The number of hydrogen-bond acceptors (Lipinski definition) is 4. The summed E-state index contributed by atoms with van der Waals surface area (Å²) in [7, 11) is 3.02. The molecular weight excluding hydrogens is 320 g/mol. The van der Waals surface area contributed by atoms with E-state index in [9.17, 15) is 9.59 Å². The first-order valence-electron chi connectivity index (χ1n) is 7.82. The largest absolute Gasteiger partial charge is 0.497 e. The summed E-state index contributed by atoms with van der Waals surface area (Å²) >= 11 is 0. The number of hydrogen-bond donors (Lipinski definition) is 2. The maximum Gasteiger partial charge on any atom is 0.251 e. The van der Waals surface area contributed by atoms with Crippen LogP contribution in [0.3, 0.4) is 0 Å². The van der Waals surface area contributed by atoms with Crippen LogP contribution in [0.1, 0.15) is 21.5 Å². The molecule has 2 rings (SSSR count). The van der Waals surface area contributed by atoms with E-state index in [2.05, 4.69) is 10.6 Å². The van der Waals surface area contributed by atoms with Gasteiger partial charge in [0.05, 0.1) is 20.8 Å². The van der Waals surface area contributed by atoms with Crippen molar-refractivity contribution in [1.29, 1.82) is 0 Å². The van der Waals surface area contributed by atoms with E-state index in [1.165, 1.54) is 14.2 Å². The molecule has 0 heterocycles. The molecule has 0 atom stereocenters. The normalized spacial score (nSPS) is 10.1. The number of benzene rings is 2. The number of anilines is 1. The molecule has 0 unspecified atom stereocenters. The van der Waals surface area contributed by atoms with E-state index in [1.54, 1.807) is 18.2 Å². The molecule has 0 aliphatic carbocycles. The van der Waals surface area contributed by atoms with Crippen molar-refractivity contribution in [2.75, 3.05) is 26.1 Å². The van der Waals surface area contributed by atoms with Crippen molar-refractivity contribution in [2.45, 2.75) is 13.8 Å². The Kier molecular flexibility index (Phi) is 6.00. The second-order valence-electron chi connectivity index (χ2n) is 5.60. The van der Waals surface area contributed by atoms with Gasteiger partial charge in [0.25, 0.3) is 5.91 Å². The average Bonchev–Trinajstić information content (AvgIpc) is 2.62. The molecule has 0 saturated carbocycles. The van der Waals surface area contributed by atoms with Crippen LogP contribution in [0.15, 0.2) is 36.4 Å². The summed E-state index contributed by atoms with van der Waals surface area (Å²) in [5.41, 5.74) is 3.07. The number of carbonyl (C=O) groups is 2. The lowest BCUT2D eigenvalue weighted by molar-refractivity contribution is -0.115. The molecule has 0 aliphatic rings. The van der Waals surface area contributed by atoms with E-state index in [1.807, 2.05) is 32.0 Å². The predicted octanol–water partition coefficient (Wildman–Crippen LogP) is 2.69. The summed E-state index contributed by atoms with van der Waals surface area (Å²) in [5.74, 6) is 0.337. The Morgan fingerprint density at radius 2 is 1.52 bits per heavy atom. The number of carbonyl (C=O) groups excluding carboxylic acids is 2. The zero-order valence-corrected chi connectivity index (χ0v) is 14.8. The molecule has 25 heavy (non-hydrogen) atoms. The minimum Gasteiger partial charge on any atom is -0.497 e. The van der Waals surface area contributed by atoms with Crippen LogP contribution in [-0.2, 0) is 4.79 Å². The van der Waals surface area contributed by atoms with E-state index in [0.717, 1.165) is 16.8 Å². The molecule has 0 aliphatic heterocycles. The molecule has 2 N–H and O–H groups in total. The summed E-state index contributed by atoms with van der Waals surface area (Å²) in [6.07, 6.45) is 0. The van der Waals surface area contributed by atoms with E-state index in [-0.39, 0.29) is 18.4 Å². The van der Waals surface area contributed by atoms with Gasteiger partial charge in [-0.05, 0) is 37.1 Å². The standard InChI is InChI=1S/C19H22N2O4/c1-12-6-5-7-13(2)18(12)21-17(22)11-20-19(23)14-8-15(24-3)10-16(9-14)25-4/h5-10H,11H2,1-4H3,(H,20,23)(H,21,22). The third-order valence-electron chi connectivity index (χ3n) is 3.77. The molecule has 2 aromatic rings. The van der Waals surface area contributed by atoms with E-state index in [0.29, 0.717) is 17.1 Å². The van der Waals surface area contributed by atoms with Gasteiger partial charge in [0, 0.05) is 17.3 Å². The number of nitrogens with one attached hydrogen (secondary N) is 2. The summed E-state index contributed by atoms with van der Waals surface area (Å²) in [6.45, 7) is 3.71. The number of para-hydroxylation sites is 1. The van der Waals surface area contributed by atoms with Crippen LogP contribution in [0, 0.1) is 13.8 Å². The second kappa shape index (κ2) is 8.19. The first kappa shape index (κ1) is 18.3. The Morgan fingerprint density at radius 1 is 0.960 bits per heavy atom. The number of rotatable bonds is 6. The molecular formula is C19H22N2O4. The van der Waals surface area contributed by atoms with Gasteiger partial charge in [-0.25, -0.2) is 0 Å². The molecule has 0 saturated heterocycles. The summed E-state index contributed by atoms with van der Waals surface area (Å²) in [4.78, 5) is 24.4. The summed E-state index contributed by atoms with van der Waals surface area (Å²) < 4.78 is 10.3. The lowest BCUT2D eigenvalue weighted by Gasteiger charge is -2.12. The van der Waals surface area contributed by atoms with E-state index in [4.69, 9.17) is 9.47 Å². The summed E-state index contributed by atoms with van der Waals surface area (Å²) in [5, 5.41) is 5.43. The third-order valence-corrected chi connectivity index (χ3v) is 3.77. The van der Waals surface area contributed by atoms with Gasteiger partial charge in [-0.15, -0.1) is 0 Å². The van der Waals surface area contributed by atoms with Gasteiger partial charge in [-0.1, -0.05) is 18.2 Å². The van der Waals surface area contributed by atoms with Crippen molar-refractivity contribution in [3.05, 3.63) is 53.1 Å². The highest BCUT2D eigenvalue weighted by atomic mass is 16.5. The highest BCUT2D eigenvalue weighted by Gasteiger charge is 2.12. The number of methoxy groups -OCH3 is 2. The maximum absolute atomic E-state index is 12.3. The van der Waals surface area contributed by atoms with Crippen LogP contribution in [0.25, 0.3) is 0 Å². The molecule has 132 valence electrons. The van der Waals surface area contributed by atoms with Gasteiger partial charge in [-0.3, -0.25) is 9.59 Å². The molecule has 0 fully saturated rings. The maximum atomic E-state index is 12.3. The van der Waals surface area contributed by atoms with Crippen molar-refractivity contribution in [3.63, 3.8) is 0 Å². The van der Waals surface area contributed by atoms with Gasteiger partial charge in [0.1, 0.15) is 11.5 Å². The Bertz CT molecular complexity index is 744. The Balaban J connectivity index is 2.01. The van der Waals surface area contributed by atoms with Crippen molar-refractivity contribution < 1.29 is 19.1 Å². The van der Waals surface area contributed by atoms with Gasteiger partial charge in [-0.2, -0.15) is 0 Å². The number of aryl methyl sites for hydroxylation is 2. The molecule has 0 bridgehead atoms. The highest BCUT2D eigenvalue weighted by Crippen LogP contribution is 2.22. The predicted molar refractivity (Wildman–Crippen MR) is 96.4 cm³/mol. The lowest BCUT2D eigenvalue weighted by atomic mass is 10.1. The van der Waals surface area contributed by atoms with Crippen LogP contribution in [0.2, 0.25) is 0 Å². The molecule has 2 aromatic carbocycles. The smallest absolute Gasteiger partial charge is 0.251 e. The van der Waals surface area contributed by atoms with Crippen molar-refractivity contribution in [3.8, 4) is 11.5 Å². The molecule has 6 nitrogen and oxygen atoms in total. The van der Waals surface area contributed by atoms with Crippen LogP contribution >= 0.6 is 0 Å². The van der Waals surface area contributed by atoms with Crippen LogP contribution < -0.4 is 20.1 Å². The topological polar surface area (TPSA) is 76.7 Å². The van der Waals surface area contributed by atoms with Gasteiger partial charge in [0.2, 0.25) is 5.91 Å². The molecule has 2 amide bonds. The monoisotopic (exact) mass is 342 g/mol. The van der Waals surface area contributed by atoms with Crippen LogP contribution in [-0.4, -0.2) is 32.6 Å². The first-order valence-corrected chi connectivity index (χ1v) is 7.82. The number of amides is 2.